The van der Waals surface area contributed by atoms with E-state index in [4.69, 9.17) is 9.47 Å². The van der Waals surface area contributed by atoms with E-state index in [1.54, 1.807) is 21.1 Å². The van der Waals surface area contributed by atoms with Crippen LogP contribution >= 0.6 is 0 Å². The van der Waals surface area contributed by atoms with Crippen LogP contribution < -0.4 is 0 Å². The van der Waals surface area contributed by atoms with Gasteiger partial charge in [0.25, 0.3) is 0 Å². The number of ether oxygens (including phenoxy) is 2. The van der Waals surface area contributed by atoms with E-state index in [0.717, 1.165) is 23.1 Å². The predicted octanol–water partition coefficient (Wildman–Crippen LogP) is 2.36. The molecule has 0 spiro atoms. The fourth-order valence-electron chi connectivity index (χ4n) is 2.62. The second-order valence-corrected chi connectivity index (χ2v) is 5.56. The number of methoxy groups -OCH3 is 2. The lowest BCUT2D eigenvalue weighted by atomic mass is 9.94. The van der Waals surface area contributed by atoms with Crippen molar-refractivity contribution in [3.05, 3.63) is 30.0 Å². The van der Waals surface area contributed by atoms with Crippen molar-refractivity contribution in [3.8, 4) is 0 Å². The van der Waals surface area contributed by atoms with Crippen molar-refractivity contribution >= 4 is 10.9 Å². The van der Waals surface area contributed by atoms with Crippen molar-refractivity contribution in [2.75, 3.05) is 14.2 Å². The van der Waals surface area contributed by atoms with Gasteiger partial charge in [0.15, 0.2) is 6.29 Å². The first-order chi connectivity index (χ1) is 10.0. The Morgan fingerprint density at radius 3 is 2.57 bits per heavy atom. The molecule has 5 heteroatoms. The second kappa shape index (κ2) is 6.56. The number of aryl methyl sites for hydroxylation is 1. The zero-order chi connectivity index (χ0) is 15.5. The molecule has 1 aromatic carbocycles. The lowest BCUT2D eigenvalue weighted by Crippen LogP contribution is -2.34. The van der Waals surface area contributed by atoms with Crippen molar-refractivity contribution in [2.24, 2.45) is 0 Å². The third-order valence-electron chi connectivity index (χ3n) is 3.71. The Hall–Kier alpha value is -1.43. The quantitative estimate of drug-likeness (QED) is 0.796. The number of para-hydroxylation sites is 1. The highest BCUT2D eigenvalue weighted by atomic mass is 16.7. The van der Waals surface area contributed by atoms with Crippen molar-refractivity contribution in [3.63, 3.8) is 0 Å². The van der Waals surface area contributed by atoms with Gasteiger partial charge in [0, 0.05) is 39.0 Å². The summed E-state index contributed by atoms with van der Waals surface area (Å²) >= 11 is 0. The van der Waals surface area contributed by atoms with Crippen molar-refractivity contribution in [2.45, 2.75) is 45.1 Å². The van der Waals surface area contributed by atoms with E-state index in [2.05, 4.69) is 18.1 Å². The van der Waals surface area contributed by atoms with Gasteiger partial charge in [-0.1, -0.05) is 18.2 Å². The van der Waals surface area contributed by atoms with Crippen LogP contribution in [0.5, 0.6) is 0 Å². The number of nitrogens with zero attached hydrogens (tertiary/aromatic N) is 2. The molecule has 5 nitrogen and oxygen atoms in total. The van der Waals surface area contributed by atoms with Crippen molar-refractivity contribution in [1.82, 2.24) is 9.78 Å². The summed E-state index contributed by atoms with van der Waals surface area (Å²) in [6, 6.07) is 8.10. The van der Waals surface area contributed by atoms with Crippen LogP contribution in [0.4, 0.5) is 0 Å². The molecule has 2 rings (SSSR count). The molecular formula is C16H24N2O3. The van der Waals surface area contributed by atoms with Gasteiger partial charge in [0.2, 0.25) is 0 Å². The average Bonchev–Trinajstić information content (AvgIpc) is 2.82. The highest BCUT2D eigenvalue weighted by Gasteiger charge is 2.28. The lowest BCUT2D eigenvalue weighted by Gasteiger charge is -2.26. The van der Waals surface area contributed by atoms with E-state index < -0.39 is 11.9 Å². The Labute approximate surface area is 125 Å². The molecule has 0 amide bonds. The minimum absolute atomic E-state index is 0.396. The standard InChI is InChI=1S/C16H24N2O3/c1-5-18-14-9-7-6-8-12(14)13(17-18)10-16(2,19)11-15(20-3)21-4/h6-9,15,19H,5,10-11H2,1-4H3. The molecule has 0 aliphatic carbocycles. The van der Waals surface area contributed by atoms with E-state index in [-0.39, 0.29) is 0 Å². The molecule has 1 N–H and O–H groups in total. The molecule has 21 heavy (non-hydrogen) atoms. The van der Waals surface area contributed by atoms with Crippen molar-refractivity contribution < 1.29 is 14.6 Å². The Morgan fingerprint density at radius 1 is 1.29 bits per heavy atom. The monoisotopic (exact) mass is 292 g/mol. The van der Waals surface area contributed by atoms with Gasteiger partial charge in [0.1, 0.15) is 0 Å². The molecule has 2 aromatic rings. The largest absolute Gasteiger partial charge is 0.390 e. The Morgan fingerprint density at radius 2 is 1.95 bits per heavy atom. The van der Waals surface area contributed by atoms with Gasteiger partial charge in [-0.05, 0) is 19.9 Å². The Balaban J connectivity index is 2.26. The van der Waals surface area contributed by atoms with Gasteiger partial charge in [0.05, 0.1) is 16.8 Å². The van der Waals surface area contributed by atoms with Gasteiger partial charge in [-0.15, -0.1) is 0 Å². The highest BCUT2D eigenvalue weighted by Crippen LogP contribution is 2.25. The molecule has 1 atom stereocenters. The number of hydrogen-bond donors (Lipinski definition) is 1. The molecule has 1 heterocycles. The Kier molecular flexibility index (Phi) is 4.98. The van der Waals surface area contributed by atoms with Crippen LogP contribution in [0.2, 0.25) is 0 Å². The molecule has 0 aliphatic heterocycles. The van der Waals surface area contributed by atoms with Gasteiger partial charge in [-0.3, -0.25) is 4.68 Å². The van der Waals surface area contributed by atoms with Gasteiger partial charge < -0.3 is 14.6 Å². The molecule has 0 bridgehead atoms. The molecule has 0 saturated heterocycles. The molecule has 1 aromatic heterocycles. The average molecular weight is 292 g/mol. The van der Waals surface area contributed by atoms with Gasteiger partial charge >= 0.3 is 0 Å². The smallest absolute Gasteiger partial charge is 0.159 e. The minimum Gasteiger partial charge on any atom is -0.390 e. The molecule has 0 fully saturated rings. The summed E-state index contributed by atoms with van der Waals surface area (Å²) in [5.74, 6) is 0. The Bertz CT molecular complexity index is 588. The minimum atomic E-state index is -0.938. The first-order valence-corrected chi connectivity index (χ1v) is 7.23. The fourth-order valence-corrected chi connectivity index (χ4v) is 2.62. The number of benzene rings is 1. The zero-order valence-corrected chi connectivity index (χ0v) is 13.2. The molecule has 116 valence electrons. The number of aromatic nitrogens is 2. The topological polar surface area (TPSA) is 56.5 Å². The summed E-state index contributed by atoms with van der Waals surface area (Å²) in [6.45, 7) is 4.66. The molecule has 0 aliphatic rings. The van der Waals surface area contributed by atoms with Crippen LogP contribution in [0.15, 0.2) is 24.3 Å². The van der Waals surface area contributed by atoms with E-state index in [1.807, 2.05) is 22.9 Å². The maximum atomic E-state index is 10.6. The number of fused-ring (bicyclic) bond motifs is 1. The predicted molar refractivity (Wildman–Crippen MR) is 82.2 cm³/mol. The molecular weight excluding hydrogens is 268 g/mol. The van der Waals surface area contributed by atoms with E-state index >= 15 is 0 Å². The molecule has 0 saturated carbocycles. The van der Waals surface area contributed by atoms with Crippen LogP contribution in [-0.2, 0) is 22.4 Å². The second-order valence-electron chi connectivity index (χ2n) is 5.56. The zero-order valence-electron chi connectivity index (χ0n) is 13.2. The van der Waals surface area contributed by atoms with E-state index in [9.17, 15) is 5.11 Å². The summed E-state index contributed by atoms with van der Waals surface area (Å²) in [5.41, 5.74) is 1.07. The number of rotatable bonds is 7. The van der Waals surface area contributed by atoms with Crippen LogP contribution in [-0.4, -0.2) is 41.0 Å². The SMILES string of the molecule is CCn1nc(CC(C)(O)CC(OC)OC)c2ccccc21. The van der Waals surface area contributed by atoms with Crippen LogP contribution in [0.25, 0.3) is 10.9 Å². The normalized spacial score (nSPS) is 14.8. The summed E-state index contributed by atoms with van der Waals surface area (Å²) in [7, 11) is 3.15. The van der Waals surface area contributed by atoms with Crippen LogP contribution in [0.3, 0.4) is 0 Å². The first kappa shape index (κ1) is 15.9. The third-order valence-corrected chi connectivity index (χ3v) is 3.71. The molecule has 1 unspecified atom stereocenters. The van der Waals surface area contributed by atoms with Crippen molar-refractivity contribution in [1.29, 1.82) is 0 Å². The highest BCUT2D eigenvalue weighted by molar-refractivity contribution is 5.82. The first-order valence-electron chi connectivity index (χ1n) is 7.23. The van der Waals surface area contributed by atoms with Crippen LogP contribution in [0, 0.1) is 0 Å². The van der Waals surface area contributed by atoms with E-state index in [0.29, 0.717) is 12.8 Å². The number of hydrogen-bond acceptors (Lipinski definition) is 4. The number of aliphatic hydroxyl groups is 1. The third kappa shape index (κ3) is 3.61. The summed E-state index contributed by atoms with van der Waals surface area (Å²) in [4.78, 5) is 0. The maximum Gasteiger partial charge on any atom is 0.159 e. The van der Waals surface area contributed by atoms with Crippen LogP contribution in [0.1, 0.15) is 26.0 Å². The van der Waals surface area contributed by atoms with Gasteiger partial charge in [-0.2, -0.15) is 5.10 Å². The lowest BCUT2D eigenvalue weighted by molar-refractivity contribution is -0.139. The summed E-state index contributed by atoms with van der Waals surface area (Å²) in [5, 5.41) is 16.3. The fraction of sp³-hybridized carbons (Fsp3) is 0.562. The summed E-state index contributed by atoms with van der Waals surface area (Å²) < 4.78 is 12.3. The van der Waals surface area contributed by atoms with E-state index in [1.165, 1.54) is 0 Å². The summed E-state index contributed by atoms with van der Waals surface area (Å²) in [6.07, 6.45) is 0.441. The van der Waals surface area contributed by atoms with Gasteiger partial charge in [-0.25, -0.2) is 0 Å². The maximum absolute atomic E-state index is 10.6. The molecule has 0 radical (unpaired) electrons.